The van der Waals surface area contributed by atoms with Crippen LogP contribution in [0.15, 0.2) is 12.4 Å². The molecule has 0 bridgehead atoms. The summed E-state index contributed by atoms with van der Waals surface area (Å²) in [6, 6.07) is 0. The molecular weight excluding hydrogens is 338 g/mol. The van der Waals surface area contributed by atoms with E-state index >= 15 is 0 Å². The number of hydrogen-bond acceptors (Lipinski definition) is 4. The molecule has 1 aromatic rings. The molecule has 0 unspecified atom stereocenters. The lowest BCUT2D eigenvalue weighted by atomic mass is 9.89. The monoisotopic (exact) mass is 379 g/mol. The molecule has 0 saturated heterocycles. The normalized spacial score (nSPS) is 14.9. The average molecular weight is 380 g/mol. The molecule has 156 valence electrons. The second-order valence-corrected chi connectivity index (χ2v) is 8.27. The molecule has 2 rings (SSSR count). The van der Waals surface area contributed by atoms with Gasteiger partial charge in [0, 0.05) is 51.4 Å². The van der Waals surface area contributed by atoms with Crippen molar-refractivity contribution in [3.8, 4) is 0 Å². The Kier molecular flexibility index (Phi) is 12.0. The predicted octanol–water partition coefficient (Wildman–Crippen LogP) is 3.13. The summed E-state index contributed by atoms with van der Waals surface area (Å²) >= 11 is 0. The molecule has 0 spiro atoms. The van der Waals surface area contributed by atoms with Crippen molar-refractivity contribution in [1.82, 2.24) is 25.3 Å². The third kappa shape index (κ3) is 11.1. The Bertz CT molecular complexity index is 483. The average Bonchev–Trinajstić information content (AvgIpc) is 3.13. The number of H-pyrrole nitrogens is 1. The molecule has 27 heavy (non-hydrogen) atoms. The lowest BCUT2D eigenvalue weighted by Gasteiger charge is -2.30. The first kappa shape index (κ1) is 23.6. The topological polar surface area (TPSA) is 64.3 Å². The Labute approximate surface area is 166 Å². The summed E-state index contributed by atoms with van der Waals surface area (Å²) < 4.78 is 0. The Morgan fingerprint density at radius 3 is 2.56 bits per heavy atom. The number of amides is 1. The van der Waals surface area contributed by atoms with Crippen LogP contribution in [0.1, 0.15) is 58.4 Å². The van der Waals surface area contributed by atoms with Gasteiger partial charge in [0.1, 0.15) is 0 Å². The predicted molar refractivity (Wildman–Crippen MR) is 113 cm³/mol. The minimum atomic E-state index is 0.245. The summed E-state index contributed by atoms with van der Waals surface area (Å²) in [7, 11) is 4.07. The van der Waals surface area contributed by atoms with Crippen LogP contribution in [-0.2, 0) is 11.3 Å². The van der Waals surface area contributed by atoms with Crippen LogP contribution in [-0.4, -0.2) is 66.2 Å². The van der Waals surface area contributed by atoms with Crippen LogP contribution in [0, 0.1) is 11.8 Å². The quantitative estimate of drug-likeness (QED) is 0.692. The Balaban J connectivity index is 0.000000277. The van der Waals surface area contributed by atoms with E-state index in [1.54, 1.807) is 6.92 Å². The molecule has 6 heteroatoms. The van der Waals surface area contributed by atoms with Gasteiger partial charge in [-0.2, -0.15) is 5.10 Å². The minimum absolute atomic E-state index is 0.245. The van der Waals surface area contributed by atoms with Crippen LogP contribution in [0.5, 0.6) is 0 Å². The van der Waals surface area contributed by atoms with Crippen molar-refractivity contribution in [2.75, 3.05) is 40.3 Å². The van der Waals surface area contributed by atoms with Gasteiger partial charge in [0.15, 0.2) is 0 Å². The van der Waals surface area contributed by atoms with Crippen molar-refractivity contribution >= 4 is 5.91 Å². The fourth-order valence-electron chi connectivity index (χ4n) is 3.51. The molecule has 1 saturated carbocycles. The maximum Gasteiger partial charge on any atom is 0.219 e. The number of nitrogens with one attached hydrogen (secondary N) is 2. The maximum atomic E-state index is 11.5. The fraction of sp³-hybridized carbons (Fsp3) is 0.810. The molecule has 1 heterocycles. The second-order valence-electron chi connectivity index (χ2n) is 8.27. The van der Waals surface area contributed by atoms with Gasteiger partial charge in [-0.3, -0.25) is 9.89 Å². The Morgan fingerprint density at radius 2 is 2.04 bits per heavy atom. The molecule has 0 aliphatic heterocycles. The van der Waals surface area contributed by atoms with Gasteiger partial charge in [0.05, 0.1) is 6.20 Å². The molecule has 1 aliphatic carbocycles. The Hall–Kier alpha value is -1.40. The van der Waals surface area contributed by atoms with Crippen LogP contribution in [0.3, 0.4) is 0 Å². The highest BCUT2D eigenvalue weighted by Crippen LogP contribution is 2.24. The van der Waals surface area contributed by atoms with Gasteiger partial charge in [-0.1, -0.05) is 33.1 Å². The lowest BCUT2D eigenvalue weighted by Crippen LogP contribution is -2.37. The van der Waals surface area contributed by atoms with E-state index in [9.17, 15) is 4.79 Å². The van der Waals surface area contributed by atoms with Gasteiger partial charge < -0.3 is 15.1 Å². The molecule has 1 aliphatic rings. The molecule has 0 radical (unpaired) electrons. The van der Waals surface area contributed by atoms with Gasteiger partial charge in [-0.05, 0) is 38.8 Å². The van der Waals surface area contributed by atoms with Crippen LogP contribution in [0.4, 0.5) is 0 Å². The highest BCUT2D eigenvalue weighted by Gasteiger charge is 2.19. The van der Waals surface area contributed by atoms with Crippen LogP contribution < -0.4 is 5.32 Å². The molecule has 1 fully saturated rings. The zero-order valence-corrected chi connectivity index (χ0v) is 18.1. The van der Waals surface area contributed by atoms with E-state index in [2.05, 4.69) is 41.3 Å². The van der Waals surface area contributed by atoms with Crippen LogP contribution >= 0.6 is 0 Å². The van der Waals surface area contributed by atoms with Crippen molar-refractivity contribution in [1.29, 1.82) is 0 Å². The standard InChI is InChI=1S/C13H25NO.C8H16N4/c1-11(2)9-14(12(3)15)10-13-7-5-4-6-8-13;1-9-3-4-12(2)7-8-5-10-11-6-8/h11,13H,4-10H2,1-3H3;5-6,9H,3-4,7H2,1-2H3,(H,10,11). The van der Waals surface area contributed by atoms with Gasteiger partial charge in [0.25, 0.3) is 0 Å². The number of carbonyl (C=O) groups is 1. The number of likely N-dealkylation sites (N-methyl/N-ethyl adjacent to an activating group) is 2. The number of aromatic nitrogens is 2. The molecule has 1 amide bonds. The van der Waals surface area contributed by atoms with Gasteiger partial charge >= 0.3 is 0 Å². The minimum Gasteiger partial charge on any atom is -0.342 e. The largest absolute Gasteiger partial charge is 0.342 e. The molecule has 1 aromatic heterocycles. The lowest BCUT2D eigenvalue weighted by molar-refractivity contribution is -0.130. The summed E-state index contributed by atoms with van der Waals surface area (Å²) in [6.07, 6.45) is 10.5. The SMILES string of the molecule is CC(=O)N(CC(C)C)CC1CCCCC1.CNCCN(C)Cc1cn[nH]c1. The van der Waals surface area contributed by atoms with E-state index in [1.807, 2.05) is 24.3 Å². The number of rotatable bonds is 9. The second kappa shape index (κ2) is 13.7. The summed E-state index contributed by atoms with van der Waals surface area (Å²) in [6.45, 7) is 11.0. The number of hydrogen-bond donors (Lipinski definition) is 2. The number of aromatic amines is 1. The molecule has 0 atom stereocenters. The van der Waals surface area contributed by atoms with Gasteiger partial charge in [0.2, 0.25) is 5.91 Å². The Morgan fingerprint density at radius 1 is 1.33 bits per heavy atom. The first-order valence-electron chi connectivity index (χ1n) is 10.5. The molecular formula is C21H41N5O. The molecule has 6 nitrogen and oxygen atoms in total. The highest BCUT2D eigenvalue weighted by atomic mass is 16.2. The van der Waals surface area contributed by atoms with E-state index in [1.165, 1.54) is 37.7 Å². The van der Waals surface area contributed by atoms with E-state index in [4.69, 9.17) is 0 Å². The van der Waals surface area contributed by atoms with Crippen molar-refractivity contribution < 1.29 is 4.79 Å². The van der Waals surface area contributed by atoms with Gasteiger partial charge in [-0.25, -0.2) is 0 Å². The van der Waals surface area contributed by atoms with Gasteiger partial charge in [-0.15, -0.1) is 0 Å². The van der Waals surface area contributed by atoms with Crippen LogP contribution in [0.25, 0.3) is 0 Å². The molecule has 2 N–H and O–H groups in total. The smallest absolute Gasteiger partial charge is 0.219 e. The fourth-order valence-corrected chi connectivity index (χ4v) is 3.51. The van der Waals surface area contributed by atoms with E-state index in [0.29, 0.717) is 5.92 Å². The third-order valence-electron chi connectivity index (χ3n) is 4.99. The molecule has 0 aromatic carbocycles. The zero-order chi connectivity index (χ0) is 20.1. The summed E-state index contributed by atoms with van der Waals surface area (Å²) in [5.41, 5.74) is 1.23. The first-order valence-corrected chi connectivity index (χ1v) is 10.5. The van der Waals surface area contributed by atoms with Crippen molar-refractivity contribution in [3.05, 3.63) is 18.0 Å². The number of carbonyl (C=O) groups excluding carboxylic acids is 1. The van der Waals surface area contributed by atoms with E-state index in [-0.39, 0.29) is 5.91 Å². The summed E-state index contributed by atoms with van der Waals surface area (Å²) in [4.78, 5) is 15.8. The third-order valence-corrected chi connectivity index (χ3v) is 4.99. The summed E-state index contributed by atoms with van der Waals surface area (Å²) in [5, 5.41) is 9.80. The first-order chi connectivity index (χ1) is 12.9. The summed E-state index contributed by atoms with van der Waals surface area (Å²) in [5.74, 6) is 1.59. The van der Waals surface area contributed by atoms with E-state index in [0.717, 1.165) is 38.6 Å². The maximum absolute atomic E-state index is 11.5. The van der Waals surface area contributed by atoms with Crippen LogP contribution in [0.2, 0.25) is 0 Å². The van der Waals surface area contributed by atoms with Crippen molar-refractivity contribution in [3.63, 3.8) is 0 Å². The van der Waals surface area contributed by atoms with Crippen molar-refractivity contribution in [2.45, 2.75) is 59.4 Å². The van der Waals surface area contributed by atoms with Crippen molar-refractivity contribution in [2.24, 2.45) is 11.8 Å². The number of nitrogens with zero attached hydrogens (tertiary/aromatic N) is 3. The zero-order valence-electron chi connectivity index (χ0n) is 18.1. The highest BCUT2D eigenvalue weighted by molar-refractivity contribution is 5.73. The van der Waals surface area contributed by atoms with E-state index < -0.39 is 0 Å².